The lowest BCUT2D eigenvalue weighted by Crippen LogP contribution is -2.44. The van der Waals surface area contributed by atoms with Crippen molar-refractivity contribution in [3.05, 3.63) is 35.9 Å². The van der Waals surface area contributed by atoms with Gasteiger partial charge < -0.3 is 10.4 Å². The van der Waals surface area contributed by atoms with Gasteiger partial charge in [-0.1, -0.05) is 30.3 Å². The molecule has 0 spiro atoms. The first-order valence-corrected chi connectivity index (χ1v) is 7.49. The minimum Gasteiger partial charge on any atom is -0.465 e. The van der Waals surface area contributed by atoms with E-state index in [2.05, 4.69) is 40.5 Å². The van der Waals surface area contributed by atoms with E-state index in [1.807, 2.05) is 0 Å². The number of piperidine rings is 1. The van der Waals surface area contributed by atoms with Gasteiger partial charge in [0.15, 0.2) is 0 Å². The first-order chi connectivity index (χ1) is 9.72. The van der Waals surface area contributed by atoms with Crippen molar-refractivity contribution in [1.82, 2.24) is 10.2 Å². The molecule has 2 saturated heterocycles. The van der Waals surface area contributed by atoms with Gasteiger partial charge in [-0.2, -0.15) is 0 Å². The van der Waals surface area contributed by atoms with Gasteiger partial charge >= 0.3 is 6.09 Å². The average Bonchev–Trinajstić information content (AvgIpc) is 2.69. The molecule has 1 amide bonds. The number of nitrogens with zero attached hydrogens (tertiary/aromatic N) is 1. The van der Waals surface area contributed by atoms with E-state index in [1.165, 1.54) is 18.4 Å². The summed E-state index contributed by atoms with van der Waals surface area (Å²) in [7, 11) is 0. The van der Waals surface area contributed by atoms with Crippen molar-refractivity contribution in [3.8, 4) is 0 Å². The molecule has 108 valence electrons. The molecule has 1 aromatic carbocycles. The Hall–Kier alpha value is -1.55. The molecular weight excluding hydrogens is 252 g/mol. The second kappa shape index (κ2) is 5.83. The maximum absolute atomic E-state index is 10.6. The van der Waals surface area contributed by atoms with Gasteiger partial charge in [0.2, 0.25) is 0 Å². The molecule has 3 rings (SSSR count). The van der Waals surface area contributed by atoms with Gasteiger partial charge in [0.25, 0.3) is 0 Å². The van der Waals surface area contributed by atoms with E-state index in [0.29, 0.717) is 24.5 Å². The van der Waals surface area contributed by atoms with E-state index in [1.54, 1.807) is 0 Å². The Labute approximate surface area is 119 Å². The summed E-state index contributed by atoms with van der Waals surface area (Å²) in [6, 6.07) is 11.9. The normalized spacial score (nSPS) is 29.3. The molecule has 4 nitrogen and oxygen atoms in total. The summed E-state index contributed by atoms with van der Waals surface area (Å²) in [5, 5.41) is 11.3. The van der Waals surface area contributed by atoms with Crippen LogP contribution in [0.3, 0.4) is 0 Å². The van der Waals surface area contributed by atoms with Crippen molar-refractivity contribution in [3.63, 3.8) is 0 Å². The fraction of sp³-hybridized carbons (Fsp3) is 0.562. The first kappa shape index (κ1) is 13.4. The Morgan fingerprint density at radius 3 is 2.45 bits per heavy atom. The van der Waals surface area contributed by atoms with Gasteiger partial charge in [-0.25, -0.2) is 4.79 Å². The molecule has 0 aliphatic carbocycles. The molecule has 20 heavy (non-hydrogen) atoms. The Bertz CT molecular complexity index is 449. The van der Waals surface area contributed by atoms with Gasteiger partial charge in [-0.05, 0) is 37.2 Å². The smallest absolute Gasteiger partial charge is 0.404 e. The van der Waals surface area contributed by atoms with Gasteiger partial charge in [-0.15, -0.1) is 0 Å². The van der Waals surface area contributed by atoms with Crippen LogP contribution in [-0.2, 0) is 6.54 Å². The lowest BCUT2D eigenvalue weighted by atomic mass is 9.90. The summed E-state index contributed by atoms with van der Waals surface area (Å²) < 4.78 is 0. The Morgan fingerprint density at radius 2 is 1.85 bits per heavy atom. The predicted octanol–water partition coefficient (Wildman–Crippen LogP) is 2.70. The first-order valence-electron chi connectivity index (χ1n) is 7.49. The number of carbonyl (C=O) groups is 1. The van der Waals surface area contributed by atoms with Crippen LogP contribution >= 0.6 is 0 Å². The van der Waals surface area contributed by atoms with Crippen LogP contribution in [0.15, 0.2) is 30.3 Å². The summed E-state index contributed by atoms with van der Waals surface area (Å²) in [5.74, 6) is 0.510. The number of fused-ring (bicyclic) bond motifs is 2. The fourth-order valence-electron chi connectivity index (χ4n) is 3.84. The van der Waals surface area contributed by atoms with E-state index >= 15 is 0 Å². The molecule has 2 heterocycles. The zero-order valence-corrected chi connectivity index (χ0v) is 11.7. The van der Waals surface area contributed by atoms with Crippen LogP contribution in [0.5, 0.6) is 0 Å². The number of carboxylic acid groups (broad SMARTS) is 1. The highest BCUT2D eigenvalue weighted by atomic mass is 16.4. The van der Waals surface area contributed by atoms with E-state index in [-0.39, 0.29) is 0 Å². The highest BCUT2D eigenvalue weighted by Crippen LogP contribution is 2.39. The third-order valence-corrected chi connectivity index (χ3v) is 4.73. The van der Waals surface area contributed by atoms with E-state index in [4.69, 9.17) is 5.11 Å². The maximum Gasteiger partial charge on any atom is 0.404 e. The van der Waals surface area contributed by atoms with Crippen LogP contribution in [0.25, 0.3) is 0 Å². The fourth-order valence-corrected chi connectivity index (χ4v) is 3.84. The van der Waals surface area contributed by atoms with Crippen molar-refractivity contribution in [2.45, 2.75) is 44.3 Å². The number of hydrogen-bond donors (Lipinski definition) is 2. The molecule has 1 aromatic rings. The standard InChI is InChI=1S/C16H22N2O2/c19-16(20)17-10-13-8-14-6-7-15(9-13)18(14)11-12-4-2-1-3-5-12/h1-5,13-15,17H,6-11H2,(H,19,20)/t13?,14-,15+. The van der Waals surface area contributed by atoms with Gasteiger partial charge in [-0.3, -0.25) is 4.90 Å². The van der Waals surface area contributed by atoms with Crippen LogP contribution in [-0.4, -0.2) is 34.7 Å². The van der Waals surface area contributed by atoms with Crippen LogP contribution in [0, 0.1) is 5.92 Å². The Balaban J connectivity index is 1.59. The summed E-state index contributed by atoms with van der Waals surface area (Å²) >= 11 is 0. The quantitative estimate of drug-likeness (QED) is 0.887. The molecular formula is C16H22N2O2. The predicted molar refractivity (Wildman–Crippen MR) is 77.5 cm³/mol. The summed E-state index contributed by atoms with van der Waals surface area (Å²) in [6.45, 7) is 1.65. The minimum absolute atomic E-state index is 0.510. The van der Waals surface area contributed by atoms with Crippen LogP contribution in [0.2, 0.25) is 0 Å². The molecule has 2 bridgehead atoms. The summed E-state index contributed by atoms with van der Waals surface area (Å²) in [4.78, 5) is 13.2. The number of amides is 1. The van der Waals surface area contributed by atoms with Crippen LogP contribution in [0.4, 0.5) is 4.79 Å². The third kappa shape index (κ3) is 2.96. The van der Waals surface area contributed by atoms with Crippen molar-refractivity contribution >= 4 is 6.09 Å². The zero-order chi connectivity index (χ0) is 13.9. The minimum atomic E-state index is -0.899. The third-order valence-electron chi connectivity index (χ3n) is 4.73. The molecule has 2 aliphatic rings. The second-order valence-corrected chi connectivity index (χ2v) is 6.07. The summed E-state index contributed by atoms with van der Waals surface area (Å²) in [6.07, 6.45) is 3.89. The number of benzene rings is 1. The Kier molecular flexibility index (Phi) is 3.92. The van der Waals surface area contributed by atoms with Crippen molar-refractivity contribution < 1.29 is 9.90 Å². The lowest BCUT2D eigenvalue weighted by Gasteiger charge is -2.39. The van der Waals surface area contributed by atoms with Crippen molar-refractivity contribution in [2.24, 2.45) is 5.92 Å². The lowest BCUT2D eigenvalue weighted by molar-refractivity contribution is 0.0950. The molecule has 3 atom stereocenters. The summed E-state index contributed by atoms with van der Waals surface area (Å²) in [5.41, 5.74) is 1.38. The Morgan fingerprint density at radius 1 is 1.20 bits per heavy atom. The van der Waals surface area contributed by atoms with Crippen LogP contribution < -0.4 is 5.32 Å². The van der Waals surface area contributed by atoms with E-state index < -0.39 is 6.09 Å². The zero-order valence-electron chi connectivity index (χ0n) is 11.7. The SMILES string of the molecule is O=C(O)NCC1C[C@H]2CC[C@@H](C1)N2Cc1ccccc1. The van der Waals surface area contributed by atoms with Crippen molar-refractivity contribution in [2.75, 3.05) is 6.54 Å². The number of rotatable bonds is 4. The van der Waals surface area contributed by atoms with E-state index in [0.717, 1.165) is 19.4 Å². The molecule has 2 aliphatic heterocycles. The monoisotopic (exact) mass is 274 g/mol. The van der Waals surface area contributed by atoms with Crippen LogP contribution in [0.1, 0.15) is 31.2 Å². The molecule has 0 saturated carbocycles. The molecule has 1 unspecified atom stereocenters. The maximum atomic E-state index is 10.6. The molecule has 2 N–H and O–H groups in total. The average molecular weight is 274 g/mol. The van der Waals surface area contributed by atoms with Gasteiger partial charge in [0.05, 0.1) is 0 Å². The topological polar surface area (TPSA) is 52.6 Å². The highest BCUT2D eigenvalue weighted by molar-refractivity contribution is 5.64. The van der Waals surface area contributed by atoms with Crippen molar-refractivity contribution in [1.29, 1.82) is 0 Å². The molecule has 4 heteroatoms. The number of hydrogen-bond acceptors (Lipinski definition) is 2. The largest absolute Gasteiger partial charge is 0.465 e. The number of nitrogens with one attached hydrogen (secondary N) is 1. The van der Waals surface area contributed by atoms with Gasteiger partial charge in [0, 0.05) is 25.2 Å². The molecule has 2 fully saturated rings. The van der Waals surface area contributed by atoms with E-state index in [9.17, 15) is 4.79 Å². The second-order valence-electron chi connectivity index (χ2n) is 6.07. The molecule has 0 aromatic heterocycles. The van der Waals surface area contributed by atoms with Gasteiger partial charge in [0.1, 0.15) is 0 Å². The molecule has 0 radical (unpaired) electrons. The highest BCUT2D eigenvalue weighted by Gasteiger charge is 2.40.